The van der Waals surface area contributed by atoms with Gasteiger partial charge in [0.2, 0.25) is 0 Å². The molecule has 136 valence electrons. The number of hydrogen-bond acceptors (Lipinski definition) is 1. The molecule has 0 radical (unpaired) electrons. The summed E-state index contributed by atoms with van der Waals surface area (Å²) in [5.74, 6) is 0.666. The van der Waals surface area contributed by atoms with E-state index in [2.05, 4.69) is 25.8 Å². The lowest BCUT2D eigenvalue weighted by Crippen LogP contribution is -2.40. The number of nitrogens with one attached hydrogen (secondary N) is 1. The highest BCUT2D eigenvalue weighted by molar-refractivity contribution is 14.0. The van der Waals surface area contributed by atoms with Crippen LogP contribution >= 0.6 is 35.6 Å². The number of aromatic nitrogens is 1. The number of nitrogens with zero attached hydrogens (tertiary/aromatic N) is 3. The summed E-state index contributed by atoms with van der Waals surface area (Å²) in [4.78, 5) is 6.41. The molecule has 1 heterocycles. The maximum absolute atomic E-state index is 14.0. The second-order valence-corrected chi connectivity index (χ2v) is 6.65. The molecular formula is C18H23ClFIN4. The zero-order valence-corrected chi connectivity index (χ0v) is 17.6. The first-order chi connectivity index (χ1) is 11.5. The Kier molecular flexibility index (Phi) is 6.73. The van der Waals surface area contributed by atoms with Crippen molar-refractivity contribution in [2.45, 2.75) is 24.9 Å². The molecule has 1 N–H and O–H groups in total. The second kappa shape index (κ2) is 8.40. The zero-order chi connectivity index (χ0) is 17.3. The fraction of sp³-hybridized carbons (Fsp3) is 0.389. The van der Waals surface area contributed by atoms with Crippen molar-refractivity contribution < 1.29 is 4.39 Å². The number of aryl methyl sites for hydroxylation is 1. The van der Waals surface area contributed by atoms with Gasteiger partial charge < -0.3 is 14.8 Å². The van der Waals surface area contributed by atoms with E-state index in [1.807, 2.05) is 26.4 Å². The molecule has 1 aliphatic rings. The third kappa shape index (κ3) is 4.47. The van der Waals surface area contributed by atoms with Gasteiger partial charge in [0, 0.05) is 55.6 Å². The summed E-state index contributed by atoms with van der Waals surface area (Å²) in [6.45, 7) is 0.751. The lowest BCUT2D eigenvalue weighted by molar-refractivity contribution is 0.460. The van der Waals surface area contributed by atoms with Gasteiger partial charge in [-0.25, -0.2) is 4.39 Å². The molecule has 0 spiro atoms. The van der Waals surface area contributed by atoms with Gasteiger partial charge in [0.15, 0.2) is 5.96 Å². The quantitative estimate of drug-likeness (QED) is 0.411. The normalized spacial score (nSPS) is 19.3. The van der Waals surface area contributed by atoms with Gasteiger partial charge in [-0.3, -0.25) is 4.99 Å². The van der Waals surface area contributed by atoms with Gasteiger partial charge in [-0.1, -0.05) is 17.7 Å². The van der Waals surface area contributed by atoms with Crippen LogP contribution in [-0.2, 0) is 13.6 Å². The number of rotatable bonds is 4. The molecule has 25 heavy (non-hydrogen) atoms. The summed E-state index contributed by atoms with van der Waals surface area (Å²) in [6.07, 6.45) is 2.88. The van der Waals surface area contributed by atoms with Crippen molar-refractivity contribution >= 4 is 41.5 Å². The highest BCUT2D eigenvalue weighted by Gasteiger charge is 2.42. The van der Waals surface area contributed by atoms with E-state index in [0.29, 0.717) is 10.6 Å². The molecule has 1 aromatic heterocycles. The van der Waals surface area contributed by atoms with Gasteiger partial charge in [0.05, 0.1) is 6.54 Å². The Labute approximate surface area is 170 Å². The van der Waals surface area contributed by atoms with Crippen LogP contribution in [0, 0.1) is 5.82 Å². The Bertz CT molecular complexity index is 741. The van der Waals surface area contributed by atoms with Crippen molar-refractivity contribution in [3.8, 4) is 0 Å². The van der Waals surface area contributed by atoms with Crippen LogP contribution < -0.4 is 5.32 Å². The molecule has 0 aliphatic heterocycles. The van der Waals surface area contributed by atoms with Gasteiger partial charge in [0.25, 0.3) is 0 Å². The molecule has 1 saturated carbocycles. The van der Waals surface area contributed by atoms with E-state index in [0.717, 1.165) is 18.9 Å². The molecule has 1 fully saturated rings. The highest BCUT2D eigenvalue weighted by atomic mass is 127. The smallest absolute Gasteiger partial charge is 0.193 e. The molecule has 2 aromatic rings. The van der Waals surface area contributed by atoms with Gasteiger partial charge in [-0.05, 0) is 30.7 Å². The Morgan fingerprint density at radius 1 is 1.40 bits per heavy atom. The van der Waals surface area contributed by atoms with E-state index in [1.165, 1.54) is 11.8 Å². The van der Waals surface area contributed by atoms with Crippen molar-refractivity contribution in [1.29, 1.82) is 0 Å². The van der Waals surface area contributed by atoms with Crippen LogP contribution in [-0.4, -0.2) is 35.6 Å². The minimum absolute atomic E-state index is 0. The number of hydrogen-bond donors (Lipinski definition) is 1. The predicted octanol–water partition coefficient (Wildman–Crippen LogP) is 4.00. The van der Waals surface area contributed by atoms with E-state index >= 15 is 0 Å². The van der Waals surface area contributed by atoms with Crippen LogP contribution in [0.15, 0.2) is 41.5 Å². The van der Waals surface area contributed by atoms with E-state index in [1.54, 1.807) is 19.2 Å². The molecule has 0 saturated heterocycles. The van der Waals surface area contributed by atoms with Crippen LogP contribution in [0.3, 0.4) is 0 Å². The topological polar surface area (TPSA) is 32.6 Å². The van der Waals surface area contributed by atoms with Crippen LogP contribution in [0.25, 0.3) is 0 Å². The summed E-state index contributed by atoms with van der Waals surface area (Å²) in [7, 11) is 5.78. The fourth-order valence-electron chi connectivity index (χ4n) is 3.03. The van der Waals surface area contributed by atoms with E-state index in [4.69, 9.17) is 11.6 Å². The first-order valence-corrected chi connectivity index (χ1v) is 8.37. The lowest BCUT2D eigenvalue weighted by atomic mass is 10.1. The Balaban J connectivity index is 0.00000225. The van der Waals surface area contributed by atoms with Gasteiger partial charge in [-0.15, -0.1) is 24.0 Å². The number of halogens is 3. The van der Waals surface area contributed by atoms with Crippen molar-refractivity contribution in [1.82, 2.24) is 14.8 Å². The van der Waals surface area contributed by atoms with Gasteiger partial charge >= 0.3 is 0 Å². The average Bonchev–Trinajstić information content (AvgIpc) is 3.18. The maximum atomic E-state index is 14.0. The maximum Gasteiger partial charge on any atom is 0.193 e. The Hall–Kier alpha value is -1.28. The summed E-state index contributed by atoms with van der Waals surface area (Å²) < 4.78 is 16.1. The number of aliphatic imine (C=N–C) groups is 1. The largest absolute Gasteiger partial charge is 0.353 e. The second-order valence-electron chi connectivity index (χ2n) is 6.24. The van der Waals surface area contributed by atoms with E-state index in [-0.39, 0.29) is 41.8 Å². The standard InChI is InChI=1S/C18H22ClFN4.HI/c1-21-18(24(3)11-12-6-5-9-23(12)2)22-16-10-13(16)17-14(19)7-4-8-15(17)20;/h4-9,13,16H,10-11H2,1-3H3,(H,21,22);1H. The zero-order valence-electron chi connectivity index (χ0n) is 14.5. The molecule has 0 amide bonds. The first kappa shape index (κ1) is 20.0. The Morgan fingerprint density at radius 3 is 2.76 bits per heavy atom. The van der Waals surface area contributed by atoms with Crippen molar-refractivity contribution in [2.24, 2.45) is 12.0 Å². The molecule has 4 nitrogen and oxygen atoms in total. The summed E-state index contributed by atoms with van der Waals surface area (Å²) in [5, 5.41) is 3.91. The minimum Gasteiger partial charge on any atom is -0.353 e. The predicted molar refractivity (Wildman–Crippen MR) is 111 cm³/mol. The SMILES string of the molecule is CN=C(NC1CC1c1c(F)cccc1Cl)N(C)Cc1cccn1C.I. The Morgan fingerprint density at radius 2 is 2.16 bits per heavy atom. The molecule has 3 rings (SSSR count). The number of benzene rings is 1. The third-order valence-electron chi connectivity index (χ3n) is 4.50. The van der Waals surface area contributed by atoms with Gasteiger partial charge in [0.1, 0.15) is 5.82 Å². The molecule has 2 atom stereocenters. The third-order valence-corrected chi connectivity index (χ3v) is 4.83. The summed E-state index contributed by atoms with van der Waals surface area (Å²) in [6, 6.07) is 9.12. The molecule has 1 aromatic carbocycles. The monoisotopic (exact) mass is 476 g/mol. The van der Waals surface area contributed by atoms with Crippen LogP contribution in [0.1, 0.15) is 23.6 Å². The minimum atomic E-state index is -0.232. The molecular weight excluding hydrogens is 454 g/mol. The van der Waals surface area contributed by atoms with Crippen LogP contribution in [0.4, 0.5) is 4.39 Å². The molecule has 7 heteroatoms. The van der Waals surface area contributed by atoms with Crippen LogP contribution in [0.5, 0.6) is 0 Å². The summed E-state index contributed by atoms with van der Waals surface area (Å²) >= 11 is 6.16. The molecule has 0 bridgehead atoms. The molecule has 2 unspecified atom stereocenters. The lowest BCUT2D eigenvalue weighted by Gasteiger charge is -2.22. The van der Waals surface area contributed by atoms with Crippen molar-refractivity contribution in [3.63, 3.8) is 0 Å². The van der Waals surface area contributed by atoms with E-state index < -0.39 is 0 Å². The fourth-order valence-corrected chi connectivity index (χ4v) is 3.33. The van der Waals surface area contributed by atoms with Crippen LogP contribution in [0.2, 0.25) is 5.02 Å². The number of guanidine groups is 1. The van der Waals surface area contributed by atoms with Crippen molar-refractivity contribution in [2.75, 3.05) is 14.1 Å². The average molecular weight is 477 g/mol. The van der Waals surface area contributed by atoms with E-state index in [9.17, 15) is 4.39 Å². The van der Waals surface area contributed by atoms with Gasteiger partial charge in [-0.2, -0.15) is 0 Å². The molecule has 1 aliphatic carbocycles. The summed E-state index contributed by atoms with van der Waals surface area (Å²) in [5.41, 5.74) is 1.81. The first-order valence-electron chi connectivity index (χ1n) is 7.99. The van der Waals surface area contributed by atoms with Crippen molar-refractivity contribution in [3.05, 3.63) is 58.6 Å². The highest BCUT2D eigenvalue weighted by Crippen LogP contribution is 2.44.